The molecule has 3 aromatic rings. The van der Waals surface area contributed by atoms with Gasteiger partial charge >= 0.3 is 0 Å². The van der Waals surface area contributed by atoms with Gasteiger partial charge in [-0.3, -0.25) is 10.1 Å². The van der Waals surface area contributed by atoms with Gasteiger partial charge in [0.2, 0.25) is 0 Å². The monoisotopic (exact) mass is 343 g/mol. The molecule has 0 bridgehead atoms. The molecule has 0 saturated carbocycles. The number of carbonyl (C=O) groups is 1. The molecule has 0 aliphatic carbocycles. The molecule has 0 atom stereocenters. The molecule has 0 saturated heterocycles. The predicted octanol–water partition coefficient (Wildman–Crippen LogP) is 4.73. The van der Waals surface area contributed by atoms with E-state index in [4.69, 9.17) is 11.6 Å². The molecule has 0 fully saturated rings. The molecule has 116 valence electrons. The van der Waals surface area contributed by atoms with Crippen LogP contribution in [0, 0.1) is 13.8 Å². The Labute approximate surface area is 143 Å². The van der Waals surface area contributed by atoms with Gasteiger partial charge in [0.1, 0.15) is 5.15 Å². The van der Waals surface area contributed by atoms with E-state index in [-0.39, 0.29) is 11.1 Å². The third-order valence-corrected chi connectivity index (χ3v) is 4.45. The van der Waals surface area contributed by atoms with Crippen LogP contribution in [0.3, 0.4) is 0 Å². The Bertz CT molecular complexity index is 876. The second kappa shape index (κ2) is 6.48. The van der Waals surface area contributed by atoms with E-state index in [2.05, 4.69) is 41.3 Å². The van der Waals surface area contributed by atoms with Gasteiger partial charge in [-0.15, -0.1) is 11.3 Å². The summed E-state index contributed by atoms with van der Waals surface area (Å²) in [4.78, 5) is 20.6. The van der Waals surface area contributed by atoms with Crippen molar-refractivity contribution in [2.75, 3.05) is 5.32 Å². The number of hydrogen-bond donors (Lipinski definition) is 1. The van der Waals surface area contributed by atoms with Crippen LogP contribution >= 0.6 is 22.9 Å². The maximum Gasteiger partial charge on any atom is 0.260 e. The van der Waals surface area contributed by atoms with Gasteiger partial charge in [0.25, 0.3) is 5.91 Å². The highest BCUT2D eigenvalue weighted by Gasteiger charge is 2.14. The topological polar surface area (TPSA) is 54.9 Å². The maximum absolute atomic E-state index is 12.2. The van der Waals surface area contributed by atoms with Crippen LogP contribution in [0.15, 0.2) is 41.9 Å². The molecule has 0 radical (unpaired) electrons. The fourth-order valence-corrected chi connectivity index (χ4v) is 3.19. The molecule has 6 heteroatoms. The summed E-state index contributed by atoms with van der Waals surface area (Å²) in [6.45, 7) is 4.11. The number of aryl methyl sites for hydroxylation is 2. The second-order valence-corrected chi connectivity index (χ2v) is 6.37. The first-order chi connectivity index (χ1) is 11.0. The Kier molecular flexibility index (Phi) is 4.41. The molecule has 4 nitrogen and oxygen atoms in total. The van der Waals surface area contributed by atoms with Crippen LogP contribution in [0.1, 0.15) is 21.5 Å². The van der Waals surface area contributed by atoms with Gasteiger partial charge in [0.15, 0.2) is 5.13 Å². The lowest BCUT2D eigenvalue weighted by atomic mass is 10.0. The van der Waals surface area contributed by atoms with Crippen LogP contribution in [-0.4, -0.2) is 15.9 Å². The second-order valence-electron chi connectivity index (χ2n) is 5.15. The van der Waals surface area contributed by atoms with Crippen molar-refractivity contribution in [2.45, 2.75) is 13.8 Å². The van der Waals surface area contributed by atoms with Crippen molar-refractivity contribution in [3.05, 3.63) is 63.8 Å². The number of hydrogen-bond acceptors (Lipinski definition) is 4. The van der Waals surface area contributed by atoms with E-state index in [1.54, 1.807) is 18.3 Å². The lowest BCUT2D eigenvalue weighted by molar-refractivity contribution is 0.102. The van der Waals surface area contributed by atoms with Gasteiger partial charge in [-0.2, -0.15) is 0 Å². The van der Waals surface area contributed by atoms with Gasteiger partial charge in [-0.25, -0.2) is 9.97 Å². The minimum atomic E-state index is -0.315. The minimum Gasteiger partial charge on any atom is -0.298 e. The van der Waals surface area contributed by atoms with Crippen molar-refractivity contribution in [1.29, 1.82) is 0 Å². The number of rotatable bonds is 3. The molecule has 1 amide bonds. The molecule has 1 aromatic carbocycles. The number of anilines is 1. The highest BCUT2D eigenvalue weighted by Crippen LogP contribution is 2.28. The van der Waals surface area contributed by atoms with E-state index >= 15 is 0 Å². The largest absolute Gasteiger partial charge is 0.298 e. The number of amides is 1. The number of pyridine rings is 1. The van der Waals surface area contributed by atoms with Gasteiger partial charge < -0.3 is 0 Å². The van der Waals surface area contributed by atoms with Crippen molar-refractivity contribution < 1.29 is 4.79 Å². The van der Waals surface area contributed by atoms with E-state index in [0.717, 1.165) is 16.8 Å². The van der Waals surface area contributed by atoms with Crippen molar-refractivity contribution >= 4 is 34.0 Å². The quantitative estimate of drug-likeness (QED) is 0.699. The average molecular weight is 344 g/mol. The highest BCUT2D eigenvalue weighted by molar-refractivity contribution is 7.14. The Morgan fingerprint density at radius 3 is 2.83 bits per heavy atom. The SMILES string of the molecule is Cc1ccc(-c2csc(NC(=O)c3cccnc3Cl)n2)c(C)c1. The molecule has 2 aromatic heterocycles. The Hall–Kier alpha value is -2.24. The zero-order valence-corrected chi connectivity index (χ0v) is 14.2. The van der Waals surface area contributed by atoms with Crippen LogP contribution in [0.5, 0.6) is 0 Å². The lowest BCUT2D eigenvalue weighted by Gasteiger charge is -2.04. The van der Waals surface area contributed by atoms with Crippen LogP contribution < -0.4 is 5.32 Å². The summed E-state index contributed by atoms with van der Waals surface area (Å²) < 4.78 is 0. The van der Waals surface area contributed by atoms with Crippen LogP contribution in [-0.2, 0) is 0 Å². The standard InChI is InChI=1S/C17H14ClN3OS/c1-10-5-6-12(11(2)8-10)14-9-23-17(20-14)21-16(22)13-4-3-7-19-15(13)18/h3-9H,1-2H3,(H,20,21,22). The first-order valence-electron chi connectivity index (χ1n) is 6.99. The number of benzene rings is 1. The molecule has 0 aliphatic heterocycles. The summed E-state index contributed by atoms with van der Waals surface area (Å²) >= 11 is 7.31. The van der Waals surface area contributed by atoms with Crippen LogP contribution in [0.25, 0.3) is 11.3 Å². The molecule has 0 unspecified atom stereocenters. The summed E-state index contributed by atoms with van der Waals surface area (Å²) in [5.74, 6) is -0.315. The lowest BCUT2D eigenvalue weighted by Crippen LogP contribution is -2.12. The fourth-order valence-electron chi connectivity index (χ4n) is 2.28. The zero-order chi connectivity index (χ0) is 16.4. The Balaban J connectivity index is 1.82. The van der Waals surface area contributed by atoms with Crippen molar-refractivity contribution in [1.82, 2.24) is 9.97 Å². The van der Waals surface area contributed by atoms with E-state index in [9.17, 15) is 4.79 Å². The summed E-state index contributed by atoms with van der Waals surface area (Å²) in [6.07, 6.45) is 1.54. The fraction of sp³-hybridized carbons (Fsp3) is 0.118. The Morgan fingerprint density at radius 1 is 1.26 bits per heavy atom. The van der Waals surface area contributed by atoms with Gasteiger partial charge in [-0.05, 0) is 31.5 Å². The number of nitrogens with zero attached hydrogens (tertiary/aromatic N) is 2. The van der Waals surface area contributed by atoms with E-state index in [1.165, 1.54) is 16.9 Å². The van der Waals surface area contributed by atoms with E-state index in [0.29, 0.717) is 10.7 Å². The van der Waals surface area contributed by atoms with Crippen molar-refractivity contribution in [3.8, 4) is 11.3 Å². The number of thiazole rings is 1. The van der Waals surface area contributed by atoms with Crippen LogP contribution in [0.4, 0.5) is 5.13 Å². The molecule has 1 N–H and O–H groups in total. The molecule has 23 heavy (non-hydrogen) atoms. The van der Waals surface area contributed by atoms with Crippen LogP contribution in [0.2, 0.25) is 5.15 Å². The number of carbonyl (C=O) groups excluding carboxylic acids is 1. The third-order valence-electron chi connectivity index (χ3n) is 3.39. The van der Waals surface area contributed by atoms with E-state index < -0.39 is 0 Å². The molecule has 0 spiro atoms. The zero-order valence-electron chi connectivity index (χ0n) is 12.6. The van der Waals surface area contributed by atoms with Gasteiger partial charge in [-0.1, -0.05) is 35.4 Å². The average Bonchev–Trinajstić information content (AvgIpc) is 2.95. The third kappa shape index (κ3) is 3.41. The molecule has 0 aliphatic rings. The highest BCUT2D eigenvalue weighted by atomic mass is 35.5. The first kappa shape index (κ1) is 15.6. The summed E-state index contributed by atoms with van der Waals surface area (Å²) in [5, 5.41) is 5.40. The Morgan fingerprint density at radius 2 is 2.09 bits per heavy atom. The summed E-state index contributed by atoms with van der Waals surface area (Å²) in [7, 11) is 0. The predicted molar refractivity (Wildman–Crippen MR) is 94.2 cm³/mol. The molecule has 3 rings (SSSR count). The normalized spacial score (nSPS) is 10.6. The minimum absolute atomic E-state index is 0.177. The first-order valence-corrected chi connectivity index (χ1v) is 8.25. The molecule has 2 heterocycles. The van der Waals surface area contributed by atoms with Gasteiger partial charge in [0.05, 0.1) is 11.3 Å². The molecular weight excluding hydrogens is 330 g/mol. The number of aromatic nitrogens is 2. The maximum atomic E-state index is 12.2. The molecular formula is C17H14ClN3OS. The number of nitrogens with one attached hydrogen (secondary N) is 1. The van der Waals surface area contributed by atoms with E-state index in [1.807, 2.05) is 11.4 Å². The summed E-state index contributed by atoms with van der Waals surface area (Å²) in [6, 6.07) is 9.51. The number of halogens is 1. The summed E-state index contributed by atoms with van der Waals surface area (Å²) in [5.41, 5.74) is 4.61. The van der Waals surface area contributed by atoms with Crippen molar-refractivity contribution in [3.63, 3.8) is 0 Å². The van der Waals surface area contributed by atoms with Gasteiger partial charge in [0, 0.05) is 17.1 Å². The smallest absolute Gasteiger partial charge is 0.260 e. The van der Waals surface area contributed by atoms with Crippen molar-refractivity contribution in [2.24, 2.45) is 0 Å².